The Labute approximate surface area is 118 Å². The third kappa shape index (κ3) is 2.75. The lowest BCUT2D eigenvalue weighted by molar-refractivity contribution is 0.404. The van der Waals surface area contributed by atoms with Gasteiger partial charge in [-0.2, -0.15) is 0 Å². The number of halogens is 1. The maximum Gasteiger partial charge on any atom is 0.126 e. The maximum absolute atomic E-state index is 13.6. The van der Waals surface area contributed by atoms with Gasteiger partial charge < -0.3 is 15.2 Å². The quantitative estimate of drug-likeness (QED) is 0.928. The number of hydrogen-bond acceptors (Lipinski definition) is 3. The predicted octanol–water partition coefficient (Wildman–Crippen LogP) is 3.53. The summed E-state index contributed by atoms with van der Waals surface area (Å²) < 4.78 is 24.2. The van der Waals surface area contributed by atoms with Crippen molar-refractivity contribution >= 4 is 0 Å². The highest BCUT2D eigenvalue weighted by atomic mass is 19.1. The predicted molar refractivity (Wildman–Crippen MR) is 77.5 cm³/mol. The number of benzene rings is 2. The van der Waals surface area contributed by atoms with Gasteiger partial charge in [0, 0.05) is 11.6 Å². The van der Waals surface area contributed by atoms with Crippen molar-refractivity contribution in [2.24, 2.45) is 5.73 Å². The third-order valence-corrected chi connectivity index (χ3v) is 3.20. The fraction of sp³-hybridized carbons (Fsp3) is 0.250. The number of rotatable bonds is 4. The van der Waals surface area contributed by atoms with Gasteiger partial charge in [0.1, 0.15) is 17.3 Å². The molecule has 4 heteroatoms. The molecule has 2 rings (SSSR count). The van der Waals surface area contributed by atoms with E-state index in [0.29, 0.717) is 11.5 Å². The Morgan fingerprint density at radius 1 is 1.00 bits per heavy atom. The molecule has 0 aromatic heterocycles. The van der Waals surface area contributed by atoms with Gasteiger partial charge in [0.05, 0.1) is 14.2 Å². The first-order chi connectivity index (χ1) is 9.56. The molecule has 2 aromatic carbocycles. The molecule has 0 fully saturated rings. The summed E-state index contributed by atoms with van der Waals surface area (Å²) in [6.45, 7) is 1.86. The van der Waals surface area contributed by atoms with Crippen LogP contribution in [0.3, 0.4) is 0 Å². The molecule has 20 heavy (non-hydrogen) atoms. The summed E-state index contributed by atoms with van der Waals surface area (Å²) in [5, 5.41) is 0. The Bertz CT molecular complexity index is 611. The second kappa shape index (κ2) is 5.92. The lowest BCUT2D eigenvalue weighted by atomic mass is 9.95. The molecule has 2 N–H and O–H groups in total. The molecule has 0 aliphatic heterocycles. The van der Waals surface area contributed by atoms with Gasteiger partial charge in [-0.3, -0.25) is 0 Å². The van der Waals surface area contributed by atoms with Crippen LogP contribution in [0, 0.1) is 5.82 Å². The van der Waals surface area contributed by atoms with Crippen LogP contribution in [0.5, 0.6) is 11.5 Å². The van der Waals surface area contributed by atoms with Crippen LogP contribution in [0.2, 0.25) is 0 Å². The molecule has 0 spiro atoms. The van der Waals surface area contributed by atoms with Gasteiger partial charge >= 0.3 is 0 Å². The topological polar surface area (TPSA) is 44.5 Å². The van der Waals surface area contributed by atoms with E-state index in [1.807, 2.05) is 13.0 Å². The largest absolute Gasteiger partial charge is 0.497 e. The van der Waals surface area contributed by atoms with E-state index in [0.717, 1.165) is 16.7 Å². The zero-order valence-electron chi connectivity index (χ0n) is 11.8. The first-order valence-corrected chi connectivity index (χ1v) is 6.34. The molecule has 0 aliphatic carbocycles. The first-order valence-electron chi connectivity index (χ1n) is 6.34. The average molecular weight is 275 g/mol. The molecule has 0 radical (unpaired) electrons. The highest BCUT2D eigenvalue weighted by molar-refractivity contribution is 5.75. The van der Waals surface area contributed by atoms with E-state index in [1.54, 1.807) is 32.4 Å². The summed E-state index contributed by atoms with van der Waals surface area (Å²) >= 11 is 0. The number of methoxy groups -OCH3 is 2. The van der Waals surface area contributed by atoms with E-state index < -0.39 is 0 Å². The Morgan fingerprint density at radius 2 is 1.75 bits per heavy atom. The molecular weight excluding hydrogens is 257 g/mol. The molecule has 0 saturated heterocycles. The van der Waals surface area contributed by atoms with Crippen molar-refractivity contribution < 1.29 is 13.9 Å². The van der Waals surface area contributed by atoms with Gasteiger partial charge in [-0.05, 0) is 48.4 Å². The Hall–Kier alpha value is -2.07. The zero-order chi connectivity index (χ0) is 14.7. The molecule has 106 valence electrons. The van der Waals surface area contributed by atoms with Gasteiger partial charge in [-0.25, -0.2) is 4.39 Å². The standard InChI is InChI=1S/C16H18FNO2/c1-10(18)13-6-4-11(17)8-14(13)15-9-12(19-2)5-7-16(15)20-3/h4-10H,18H2,1-3H3. The molecule has 2 aromatic rings. The SMILES string of the molecule is COc1ccc(OC)c(-c2cc(F)ccc2C(C)N)c1. The van der Waals surface area contributed by atoms with Crippen molar-refractivity contribution in [2.45, 2.75) is 13.0 Å². The van der Waals surface area contributed by atoms with Crippen LogP contribution in [0.25, 0.3) is 11.1 Å². The molecule has 1 unspecified atom stereocenters. The minimum atomic E-state index is -0.311. The van der Waals surface area contributed by atoms with Crippen molar-refractivity contribution in [3.05, 3.63) is 47.8 Å². The van der Waals surface area contributed by atoms with Crippen LogP contribution in [0.1, 0.15) is 18.5 Å². The fourth-order valence-corrected chi connectivity index (χ4v) is 2.18. The lowest BCUT2D eigenvalue weighted by Crippen LogP contribution is -2.07. The van der Waals surface area contributed by atoms with E-state index in [1.165, 1.54) is 12.1 Å². The minimum absolute atomic E-state index is 0.207. The van der Waals surface area contributed by atoms with Crippen molar-refractivity contribution in [3.8, 4) is 22.6 Å². The summed E-state index contributed by atoms with van der Waals surface area (Å²) in [5.41, 5.74) is 8.31. The molecule has 0 heterocycles. The van der Waals surface area contributed by atoms with Crippen LogP contribution in [-0.4, -0.2) is 14.2 Å². The second-order valence-electron chi connectivity index (χ2n) is 4.59. The third-order valence-electron chi connectivity index (χ3n) is 3.20. The van der Waals surface area contributed by atoms with Crippen LogP contribution in [-0.2, 0) is 0 Å². The molecule has 0 bridgehead atoms. The van der Waals surface area contributed by atoms with Crippen LogP contribution in [0.15, 0.2) is 36.4 Å². The Kier molecular flexibility index (Phi) is 4.25. The first kappa shape index (κ1) is 14.3. The molecule has 0 amide bonds. The summed E-state index contributed by atoms with van der Waals surface area (Å²) in [7, 11) is 3.17. The van der Waals surface area contributed by atoms with Crippen molar-refractivity contribution in [1.29, 1.82) is 0 Å². The van der Waals surface area contributed by atoms with Crippen molar-refractivity contribution in [2.75, 3.05) is 14.2 Å². The monoisotopic (exact) mass is 275 g/mol. The molecule has 0 aliphatic rings. The van der Waals surface area contributed by atoms with E-state index in [9.17, 15) is 4.39 Å². The molecule has 1 atom stereocenters. The summed E-state index contributed by atoms with van der Waals surface area (Å²) in [4.78, 5) is 0. The average Bonchev–Trinajstić information content (AvgIpc) is 2.46. The summed E-state index contributed by atoms with van der Waals surface area (Å²) in [5.74, 6) is 1.02. The van der Waals surface area contributed by atoms with Gasteiger partial charge in [0.2, 0.25) is 0 Å². The van der Waals surface area contributed by atoms with E-state index in [2.05, 4.69) is 0 Å². The zero-order valence-corrected chi connectivity index (χ0v) is 11.8. The summed E-state index contributed by atoms with van der Waals surface area (Å²) in [6.07, 6.45) is 0. The van der Waals surface area contributed by atoms with Crippen molar-refractivity contribution in [1.82, 2.24) is 0 Å². The smallest absolute Gasteiger partial charge is 0.126 e. The Balaban J connectivity index is 2.68. The van der Waals surface area contributed by atoms with E-state index in [4.69, 9.17) is 15.2 Å². The molecule has 0 saturated carbocycles. The number of ether oxygens (including phenoxy) is 2. The van der Waals surface area contributed by atoms with Crippen molar-refractivity contribution in [3.63, 3.8) is 0 Å². The van der Waals surface area contributed by atoms with E-state index >= 15 is 0 Å². The van der Waals surface area contributed by atoms with Crippen LogP contribution >= 0.6 is 0 Å². The number of nitrogens with two attached hydrogens (primary N) is 1. The molecule has 3 nitrogen and oxygen atoms in total. The highest BCUT2D eigenvalue weighted by Gasteiger charge is 2.15. The van der Waals surface area contributed by atoms with Gasteiger partial charge in [-0.1, -0.05) is 6.07 Å². The maximum atomic E-state index is 13.6. The Morgan fingerprint density at radius 3 is 2.35 bits per heavy atom. The number of hydrogen-bond donors (Lipinski definition) is 1. The molecular formula is C16H18FNO2. The van der Waals surface area contributed by atoms with Crippen LogP contribution < -0.4 is 15.2 Å². The van der Waals surface area contributed by atoms with Crippen LogP contribution in [0.4, 0.5) is 4.39 Å². The van der Waals surface area contributed by atoms with Gasteiger partial charge in [-0.15, -0.1) is 0 Å². The van der Waals surface area contributed by atoms with E-state index in [-0.39, 0.29) is 11.9 Å². The second-order valence-corrected chi connectivity index (χ2v) is 4.59. The van der Waals surface area contributed by atoms with Gasteiger partial charge in [0.25, 0.3) is 0 Å². The minimum Gasteiger partial charge on any atom is -0.497 e. The summed E-state index contributed by atoms with van der Waals surface area (Å²) in [6, 6.07) is 9.79. The lowest BCUT2D eigenvalue weighted by Gasteiger charge is -2.16. The highest BCUT2D eigenvalue weighted by Crippen LogP contribution is 2.37. The van der Waals surface area contributed by atoms with Gasteiger partial charge in [0.15, 0.2) is 0 Å². The normalized spacial score (nSPS) is 12.1. The fourth-order valence-electron chi connectivity index (χ4n) is 2.18.